The van der Waals surface area contributed by atoms with Crippen molar-refractivity contribution in [2.75, 3.05) is 45.7 Å². The predicted octanol–water partition coefficient (Wildman–Crippen LogP) is 4.62. The number of carbonyl (C=O) groups excluding carboxylic acids is 2. The highest BCUT2D eigenvalue weighted by Crippen LogP contribution is 2.31. The van der Waals surface area contributed by atoms with Crippen LogP contribution in [-0.2, 0) is 11.3 Å². The molecule has 0 bridgehead atoms. The summed E-state index contributed by atoms with van der Waals surface area (Å²) in [5, 5.41) is 7.18. The summed E-state index contributed by atoms with van der Waals surface area (Å²) in [6.45, 7) is 3.54. The maximum atomic E-state index is 13.2. The van der Waals surface area contributed by atoms with E-state index in [0.29, 0.717) is 53.9 Å². The average Bonchev–Trinajstić information content (AvgIpc) is 3.28. The second-order valence-electron chi connectivity index (χ2n) is 10.4. The van der Waals surface area contributed by atoms with Crippen LogP contribution in [0.1, 0.15) is 54.8 Å². The topological polar surface area (TPSA) is 110 Å². The number of carbonyl (C=O) groups is 2. The largest absolute Gasteiger partial charge is 0.493 e. The van der Waals surface area contributed by atoms with Crippen LogP contribution in [0.4, 0.5) is 5.69 Å². The number of benzene rings is 2. The normalized spacial score (nSPS) is 16.8. The summed E-state index contributed by atoms with van der Waals surface area (Å²) in [6, 6.07) is 12.8. The van der Waals surface area contributed by atoms with Crippen LogP contribution in [0.15, 0.2) is 47.0 Å². The lowest BCUT2D eigenvalue weighted by Gasteiger charge is -2.30. The van der Waals surface area contributed by atoms with Gasteiger partial charge in [0.2, 0.25) is 17.6 Å². The van der Waals surface area contributed by atoms with Gasteiger partial charge in [-0.1, -0.05) is 30.1 Å². The molecule has 0 saturated carbocycles. The van der Waals surface area contributed by atoms with Crippen molar-refractivity contribution in [3.05, 3.63) is 53.9 Å². The van der Waals surface area contributed by atoms with Crippen molar-refractivity contribution in [3.8, 4) is 22.9 Å². The van der Waals surface area contributed by atoms with Crippen molar-refractivity contribution in [1.29, 1.82) is 0 Å². The van der Waals surface area contributed by atoms with Crippen LogP contribution in [0.5, 0.6) is 11.5 Å². The smallest absolute Gasteiger partial charge is 0.255 e. The third-order valence-electron chi connectivity index (χ3n) is 7.74. The molecule has 212 valence electrons. The van der Waals surface area contributed by atoms with E-state index in [1.54, 1.807) is 14.2 Å². The fourth-order valence-electron chi connectivity index (χ4n) is 5.41. The lowest BCUT2D eigenvalue weighted by molar-refractivity contribution is -0.121. The maximum Gasteiger partial charge on any atom is 0.255 e. The van der Waals surface area contributed by atoms with E-state index >= 15 is 0 Å². The molecule has 2 aromatic carbocycles. The Labute approximate surface area is 234 Å². The number of piperidine rings is 1. The molecule has 40 heavy (non-hydrogen) atoms. The summed E-state index contributed by atoms with van der Waals surface area (Å²) in [6.07, 6.45) is 5.80. The Balaban J connectivity index is 1.15. The fourth-order valence-corrected chi connectivity index (χ4v) is 5.41. The third-order valence-corrected chi connectivity index (χ3v) is 7.74. The van der Waals surface area contributed by atoms with Crippen LogP contribution in [-0.4, -0.2) is 72.2 Å². The van der Waals surface area contributed by atoms with Crippen LogP contribution < -0.4 is 14.8 Å². The highest BCUT2D eigenvalue weighted by molar-refractivity contribution is 6.04. The van der Waals surface area contributed by atoms with E-state index in [9.17, 15) is 9.59 Å². The van der Waals surface area contributed by atoms with Gasteiger partial charge < -0.3 is 24.2 Å². The van der Waals surface area contributed by atoms with E-state index in [2.05, 4.69) is 20.4 Å². The first kappa shape index (κ1) is 27.6. The number of nitrogens with one attached hydrogen (secondary N) is 1. The summed E-state index contributed by atoms with van der Waals surface area (Å²) in [5.74, 6) is 2.08. The quantitative estimate of drug-likeness (QED) is 0.435. The van der Waals surface area contributed by atoms with Crippen LogP contribution in [0, 0.1) is 5.92 Å². The molecule has 0 spiro atoms. The Bertz CT molecular complexity index is 1310. The van der Waals surface area contributed by atoms with Gasteiger partial charge in [-0.25, -0.2) is 0 Å². The monoisotopic (exact) mass is 547 g/mol. The van der Waals surface area contributed by atoms with Gasteiger partial charge in [-0.15, -0.1) is 0 Å². The number of nitrogens with zero attached hydrogens (tertiary/aromatic N) is 4. The fraction of sp³-hybridized carbons (Fsp3) is 0.467. The molecule has 0 unspecified atom stereocenters. The number of aromatic nitrogens is 2. The summed E-state index contributed by atoms with van der Waals surface area (Å²) in [7, 11) is 3.18. The van der Waals surface area contributed by atoms with Gasteiger partial charge in [0.05, 0.1) is 32.0 Å². The first-order chi connectivity index (χ1) is 19.6. The van der Waals surface area contributed by atoms with Crippen LogP contribution >= 0.6 is 0 Å². The predicted molar refractivity (Wildman–Crippen MR) is 150 cm³/mol. The number of methoxy groups -OCH3 is 2. The molecule has 1 aromatic heterocycles. The van der Waals surface area contributed by atoms with Crippen LogP contribution in [0.2, 0.25) is 0 Å². The van der Waals surface area contributed by atoms with E-state index in [1.807, 2.05) is 47.4 Å². The molecule has 1 N–H and O–H groups in total. The number of para-hydroxylation sites is 1. The number of ether oxygens (including phenoxy) is 2. The number of hydrogen-bond acceptors (Lipinski definition) is 8. The van der Waals surface area contributed by atoms with Crippen LogP contribution in [0.3, 0.4) is 0 Å². The number of hydrogen-bond donors (Lipinski definition) is 1. The summed E-state index contributed by atoms with van der Waals surface area (Å²) in [5.41, 5.74) is 1.94. The van der Waals surface area contributed by atoms with Crippen molar-refractivity contribution in [3.63, 3.8) is 0 Å². The van der Waals surface area contributed by atoms with Gasteiger partial charge in [-0.3, -0.25) is 14.5 Å². The summed E-state index contributed by atoms with van der Waals surface area (Å²) >= 11 is 0. The Morgan fingerprint density at radius 1 is 0.950 bits per heavy atom. The van der Waals surface area contributed by atoms with E-state index in [-0.39, 0.29) is 17.7 Å². The van der Waals surface area contributed by atoms with E-state index in [1.165, 1.54) is 0 Å². The van der Waals surface area contributed by atoms with E-state index in [4.69, 9.17) is 14.0 Å². The zero-order chi connectivity index (χ0) is 27.9. The Morgan fingerprint density at radius 2 is 1.68 bits per heavy atom. The zero-order valence-corrected chi connectivity index (χ0v) is 23.2. The van der Waals surface area contributed by atoms with Gasteiger partial charge in [0.25, 0.3) is 5.91 Å². The molecule has 5 rings (SSSR count). The molecule has 2 aliphatic rings. The van der Waals surface area contributed by atoms with Gasteiger partial charge in [0.1, 0.15) is 0 Å². The standard InChI is InChI=1S/C30H37N5O5/c1-38-25-12-11-22(19-26(25)39-2)28-32-27(40-33-28)20-34-17-13-21(14-18-34)29(36)31-24-10-6-5-9-23(24)30(37)35-15-7-3-4-8-16-35/h5-6,9-12,19,21H,3-4,7-8,13-18,20H2,1-2H3,(H,31,36). The number of amides is 2. The van der Waals surface area contributed by atoms with Crippen molar-refractivity contribution < 1.29 is 23.6 Å². The van der Waals surface area contributed by atoms with E-state index in [0.717, 1.165) is 57.4 Å². The molecule has 0 aliphatic carbocycles. The highest BCUT2D eigenvalue weighted by Gasteiger charge is 2.28. The summed E-state index contributed by atoms with van der Waals surface area (Å²) < 4.78 is 16.2. The minimum Gasteiger partial charge on any atom is -0.493 e. The number of rotatable bonds is 8. The Kier molecular flexibility index (Phi) is 8.95. The minimum atomic E-state index is -0.123. The van der Waals surface area contributed by atoms with Gasteiger partial charge in [-0.2, -0.15) is 4.98 Å². The summed E-state index contributed by atoms with van der Waals surface area (Å²) in [4.78, 5) is 35.1. The second kappa shape index (κ2) is 13.0. The van der Waals surface area contributed by atoms with Crippen molar-refractivity contribution in [2.24, 2.45) is 5.92 Å². The number of likely N-dealkylation sites (tertiary alicyclic amines) is 2. The molecule has 2 amide bonds. The minimum absolute atomic E-state index is 0.000343. The molecule has 10 heteroatoms. The number of anilines is 1. The molecular formula is C30H37N5O5. The average molecular weight is 548 g/mol. The van der Waals surface area contributed by atoms with Crippen molar-refractivity contribution in [2.45, 2.75) is 45.1 Å². The van der Waals surface area contributed by atoms with Crippen molar-refractivity contribution >= 4 is 17.5 Å². The molecule has 2 aliphatic heterocycles. The molecule has 3 aromatic rings. The maximum absolute atomic E-state index is 13.2. The first-order valence-corrected chi connectivity index (χ1v) is 14.0. The Hall–Kier alpha value is -3.92. The Morgan fingerprint density at radius 3 is 2.40 bits per heavy atom. The van der Waals surface area contributed by atoms with Gasteiger partial charge in [-0.05, 0) is 69.1 Å². The van der Waals surface area contributed by atoms with E-state index < -0.39 is 0 Å². The van der Waals surface area contributed by atoms with Gasteiger partial charge >= 0.3 is 0 Å². The molecule has 3 heterocycles. The molecule has 10 nitrogen and oxygen atoms in total. The lowest BCUT2D eigenvalue weighted by Crippen LogP contribution is -2.38. The highest BCUT2D eigenvalue weighted by atomic mass is 16.5. The molecule has 2 saturated heterocycles. The molecule has 2 fully saturated rings. The molecule has 0 radical (unpaired) electrons. The van der Waals surface area contributed by atoms with Gasteiger partial charge in [0, 0.05) is 24.6 Å². The van der Waals surface area contributed by atoms with Gasteiger partial charge in [0.15, 0.2) is 11.5 Å². The lowest BCUT2D eigenvalue weighted by atomic mass is 9.95. The first-order valence-electron chi connectivity index (χ1n) is 14.0. The second-order valence-corrected chi connectivity index (χ2v) is 10.4. The molecule has 0 atom stereocenters. The third kappa shape index (κ3) is 6.44. The molecular weight excluding hydrogens is 510 g/mol. The van der Waals surface area contributed by atoms with Crippen molar-refractivity contribution in [1.82, 2.24) is 19.9 Å². The zero-order valence-electron chi connectivity index (χ0n) is 23.2. The SMILES string of the molecule is COc1ccc(-c2noc(CN3CCC(C(=O)Nc4ccccc4C(=O)N4CCCCCC4)CC3)n2)cc1OC. The van der Waals surface area contributed by atoms with Crippen LogP contribution in [0.25, 0.3) is 11.4 Å².